The predicted octanol–water partition coefficient (Wildman–Crippen LogP) is 2.09. The lowest BCUT2D eigenvalue weighted by Gasteiger charge is -2.02. The van der Waals surface area contributed by atoms with Crippen molar-refractivity contribution in [1.29, 1.82) is 5.26 Å². The zero-order valence-corrected chi connectivity index (χ0v) is 7.88. The zero-order chi connectivity index (χ0) is 10.5. The van der Waals surface area contributed by atoms with Crippen molar-refractivity contribution in [3.8, 4) is 6.07 Å². The van der Waals surface area contributed by atoms with E-state index in [2.05, 4.69) is 15.3 Å². The molecule has 72 valence electrons. The van der Waals surface area contributed by atoms with Crippen LogP contribution in [0.1, 0.15) is 5.56 Å². The Morgan fingerprint density at radius 3 is 2.33 bits per heavy atom. The van der Waals surface area contributed by atoms with E-state index in [1.54, 1.807) is 0 Å². The van der Waals surface area contributed by atoms with Gasteiger partial charge in [-0.2, -0.15) is 5.26 Å². The van der Waals surface area contributed by atoms with Gasteiger partial charge in [-0.15, -0.1) is 0 Å². The minimum absolute atomic E-state index is 0.452. The lowest BCUT2D eigenvalue weighted by atomic mass is 10.3. The highest BCUT2D eigenvalue weighted by molar-refractivity contribution is 5.52. The maximum Gasteiger partial charge on any atom is 0.227 e. The molecule has 4 nitrogen and oxygen atoms in total. The van der Waals surface area contributed by atoms with Crippen molar-refractivity contribution in [2.75, 3.05) is 5.32 Å². The molecule has 0 radical (unpaired) electrons. The second-order valence-corrected chi connectivity index (χ2v) is 2.90. The average Bonchev–Trinajstić information content (AvgIpc) is 2.31. The summed E-state index contributed by atoms with van der Waals surface area (Å²) in [5.41, 5.74) is 1.37. The molecule has 2 rings (SSSR count). The molecule has 0 atom stereocenters. The maximum atomic E-state index is 8.57. The van der Waals surface area contributed by atoms with E-state index >= 15 is 0 Å². The van der Waals surface area contributed by atoms with Gasteiger partial charge in [0.15, 0.2) is 0 Å². The molecule has 0 aliphatic rings. The smallest absolute Gasteiger partial charge is 0.227 e. The third kappa shape index (κ3) is 2.29. The van der Waals surface area contributed by atoms with Gasteiger partial charge < -0.3 is 5.32 Å². The predicted molar refractivity (Wildman–Crippen MR) is 56.5 cm³/mol. The second-order valence-electron chi connectivity index (χ2n) is 2.90. The highest BCUT2D eigenvalue weighted by Crippen LogP contribution is 2.10. The van der Waals surface area contributed by atoms with Gasteiger partial charge in [0.25, 0.3) is 0 Å². The number of nitrogens with one attached hydrogen (secondary N) is 1. The van der Waals surface area contributed by atoms with E-state index in [1.807, 2.05) is 36.4 Å². The van der Waals surface area contributed by atoms with Crippen LogP contribution in [0, 0.1) is 11.3 Å². The summed E-state index contributed by atoms with van der Waals surface area (Å²) in [5.74, 6) is 0.486. The molecule has 0 aliphatic carbocycles. The van der Waals surface area contributed by atoms with Crippen molar-refractivity contribution in [2.45, 2.75) is 0 Å². The highest BCUT2D eigenvalue weighted by Gasteiger charge is 1.96. The summed E-state index contributed by atoms with van der Waals surface area (Å²) in [7, 11) is 0. The van der Waals surface area contributed by atoms with Crippen molar-refractivity contribution in [2.24, 2.45) is 0 Å². The van der Waals surface area contributed by atoms with Gasteiger partial charge >= 0.3 is 0 Å². The SMILES string of the molecule is N#Cc1cnc(Nc2ccccc2)nc1. The van der Waals surface area contributed by atoms with Crippen molar-refractivity contribution in [3.05, 3.63) is 48.3 Å². The van der Waals surface area contributed by atoms with Crippen LogP contribution < -0.4 is 5.32 Å². The average molecular weight is 196 g/mol. The molecule has 1 aromatic carbocycles. The van der Waals surface area contributed by atoms with E-state index in [0.29, 0.717) is 11.5 Å². The van der Waals surface area contributed by atoms with E-state index in [4.69, 9.17) is 5.26 Å². The largest absolute Gasteiger partial charge is 0.324 e. The maximum absolute atomic E-state index is 8.57. The fraction of sp³-hybridized carbons (Fsp3) is 0. The quantitative estimate of drug-likeness (QED) is 0.798. The number of rotatable bonds is 2. The van der Waals surface area contributed by atoms with Crippen LogP contribution in [0.3, 0.4) is 0 Å². The fourth-order valence-corrected chi connectivity index (χ4v) is 1.10. The number of nitriles is 1. The number of aromatic nitrogens is 2. The Kier molecular flexibility index (Phi) is 2.56. The van der Waals surface area contributed by atoms with Crippen LogP contribution in [0.4, 0.5) is 11.6 Å². The zero-order valence-electron chi connectivity index (χ0n) is 7.88. The van der Waals surface area contributed by atoms with E-state index < -0.39 is 0 Å². The molecule has 2 aromatic rings. The molecule has 1 heterocycles. The van der Waals surface area contributed by atoms with Gasteiger partial charge in [0, 0.05) is 5.69 Å². The topological polar surface area (TPSA) is 61.6 Å². The number of hydrogen-bond donors (Lipinski definition) is 1. The summed E-state index contributed by atoms with van der Waals surface area (Å²) < 4.78 is 0. The molecule has 0 fully saturated rings. The van der Waals surface area contributed by atoms with Crippen molar-refractivity contribution < 1.29 is 0 Å². The van der Waals surface area contributed by atoms with Crippen molar-refractivity contribution >= 4 is 11.6 Å². The van der Waals surface area contributed by atoms with E-state index in [0.717, 1.165) is 5.69 Å². The van der Waals surface area contributed by atoms with Gasteiger partial charge in [0.1, 0.15) is 6.07 Å². The molecule has 0 saturated carbocycles. The lowest BCUT2D eigenvalue weighted by molar-refractivity contribution is 1.15. The standard InChI is InChI=1S/C11H8N4/c12-6-9-7-13-11(14-8-9)15-10-4-2-1-3-5-10/h1-5,7-8H,(H,13,14,15). The first-order valence-electron chi connectivity index (χ1n) is 4.43. The van der Waals surface area contributed by atoms with Gasteiger partial charge in [0.05, 0.1) is 18.0 Å². The van der Waals surface area contributed by atoms with Crippen LogP contribution in [-0.4, -0.2) is 9.97 Å². The molecule has 1 aromatic heterocycles. The lowest BCUT2D eigenvalue weighted by Crippen LogP contribution is -1.96. The Morgan fingerprint density at radius 2 is 1.73 bits per heavy atom. The molecule has 0 unspecified atom stereocenters. The molecule has 0 spiro atoms. The summed E-state index contributed by atoms with van der Waals surface area (Å²) in [6.07, 6.45) is 2.97. The normalized spacial score (nSPS) is 9.27. The van der Waals surface area contributed by atoms with Crippen LogP contribution >= 0.6 is 0 Å². The van der Waals surface area contributed by atoms with E-state index in [1.165, 1.54) is 12.4 Å². The highest BCUT2D eigenvalue weighted by atomic mass is 15.1. The van der Waals surface area contributed by atoms with E-state index in [9.17, 15) is 0 Å². The summed E-state index contributed by atoms with van der Waals surface area (Å²) in [4.78, 5) is 8.00. The Hall–Kier alpha value is -2.41. The van der Waals surface area contributed by atoms with Crippen LogP contribution in [0.2, 0.25) is 0 Å². The first-order valence-corrected chi connectivity index (χ1v) is 4.43. The number of anilines is 2. The summed E-state index contributed by atoms with van der Waals surface area (Å²) in [6.45, 7) is 0. The Labute approximate surface area is 87.2 Å². The molecule has 4 heteroatoms. The fourth-order valence-electron chi connectivity index (χ4n) is 1.10. The molecule has 0 amide bonds. The summed E-state index contributed by atoms with van der Waals surface area (Å²) >= 11 is 0. The summed E-state index contributed by atoms with van der Waals surface area (Å²) in [5, 5.41) is 11.6. The van der Waals surface area contributed by atoms with Crippen LogP contribution in [0.25, 0.3) is 0 Å². The van der Waals surface area contributed by atoms with Gasteiger partial charge in [-0.3, -0.25) is 0 Å². The minimum atomic E-state index is 0.452. The number of hydrogen-bond acceptors (Lipinski definition) is 4. The van der Waals surface area contributed by atoms with Crippen molar-refractivity contribution in [1.82, 2.24) is 9.97 Å². The molecule has 1 N–H and O–H groups in total. The van der Waals surface area contributed by atoms with Crippen molar-refractivity contribution in [3.63, 3.8) is 0 Å². The Bertz CT molecular complexity index is 470. The monoisotopic (exact) mass is 196 g/mol. The molecular weight excluding hydrogens is 188 g/mol. The second kappa shape index (κ2) is 4.20. The molecule has 0 saturated heterocycles. The van der Waals surface area contributed by atoms with Crippen LogP contribution in [0.5, 0.6) is 0 Å². The number of benzene rings is 1. The van der Waals surface area contributed by atoms with E-state index in [-0.39, 0.29) is 0 Å². The van der Waals surface area contributed by atoms with Crippen LogP contribution in [0.15, 0.2) is 42.7 Å². The van der Waals surface area contributed by atoms with Crippen LogP contribution in [-0.2, 0) is 0 Å². The third-order valence-corrected chi connectivity index (χ3v) is 1.81. The summed E-state index contributed by atoms with van der Waals surface area (Å²) in [6, 6.07) is 11.6. The van der Waals surface area contributed by atoms with Gasteiger partial charge in [-0.25, -0.2) is 9.97 Å². The van der Waals surface area contributed by atoms with Gasteiger partial charge in [-0.1, -0.05) is 18.2 Å². The number of nitrogens with zero attached hydrogens (tertiary/aromatic N) is 3. The van der Waals surface area contributed by atoms with Gasteiger partial charge in [-0.05, 0) is 12.1 Å². The molecular formula is C11H8N4. The Balaban J connectivity index is 2.16. The molecule has 0 bridgehead atoms. The third-order valence-electron chi connectivity index (χ3n) is 1.81. The Morgan fingerprint density at radius 1 is 1.07 bits per heavy atom. The first-order chi connectivity index (χ1) is 7.38. The number of para-hydroxylation sites is 1. The molecule has 0 aliphatic heterocycles. The minimum Gasteiger partial charge on any atom is -0.324 e. The van der Waals surface area contributed by atoms with Gasteiger partial charge in [0.2, 0.25) is 5.95 Å². The first kappa shape index (κ1) is 9.16. The molecule has 15 heavy (non-hydrogen) atoms.